The summed E-state index contributed by atoms with van der Waals surface area (Å²) in [5.41, 5.74) is -0.448. The second-order valence-corrected chi connectivity index (χ2v) is 5.84. The predicted molar refractivity (Wildman–Crippen MR) is 73.4 cm³/mol. The van der Waals surface area contributed by atoms with Crippen molar-refractivity contribution in [1.29, 1.82) is 0 Å². The van der Waals surface area contributed by atoms with Crippen molar-refractivity contribution in [1.82, 2.24) is 25.7 Å². The summed E-state index contributed by atoms with van der Waals surface area (Å²) in [7, 11) is 0. The molecule has 120 valence electrons. The second kappa shape index (κ2) is 5.65. The van der Waals surface area contributed by atoms with Crippen LogP contribution in [0, 0.1) is 0 Å². The van der Waals surface area contributed by atoms with Crippen LogP contribution in [-0.2, 0) is 9.59 Å². The molecule has 9 heteroatoms. The van der Waals surface area contributed by atoms with Gasteiger partial charge in [-0.3, -0.25) is 9.59 Å². The maximum Gasteiger partial charge on any atom is 0.245 e. The van der Waals surface area contributed by atoms with Crippen molar-refractivity contribution < 1.29 is 19.1 Å². The second-order valence-electron chi connectivity index (χ2n) is 5.84. The van der Waals surface area contributed by atoms with E-state index in [0.29, 0.717) is 6.54 Å². The molecule has 0 radical (unpaired) electrons. The number of aromatic nitrogens is 2. The molecule has 22 heavy (non-hydrogen) atoms. The molecule has 3 atom stereocenters. The van der Waals surface area contributed by atoms with E-state index in [1.807, 2.05) is 0 Å². The average Bonchev–Trinajstić information content (AvgIpc) is 3.16. The predicted octanol–water partition coefficient (Wildman–Crippen LogP) is -1.43. The van der Waals surface area contributed by atoms with Crippen LogP contribution >= 0.6 is 0 Å². The fraction of sp³-hybridized carbons (Fsp3) is 0.692. The average molecular weight is 309 g/mol. The summed E-state index contributed by atoms with van der Waals surface area (Å²) in [6.07, 6.45) is 2.04. The van der Waals surface area contributed by atoms with E-state index in [0.717, 1.165) is 25.8 Å². The Morgan fingerprint density at radius 2 is 2.50 bits per heavy atom. The number of likely N-dealkylation sites (tertiary alicyclic amines) is 1. The summed E-state index contributed by atoms with van der Waals surface area (Å²) in [5.74, 6) is -0.274. The molecule has 9 nitrogen and oxygen atoms in total. The van der Waals surface area contributed by atoms with Crippen molar-refractivity contribution in [3.63, 3.8) is 0 Å². The minimum atomic E-state index is -0.890. The van der Waals surface area contributed by atoms with Gasteiger partial charge in [-0.2, -0.15) is 0 Å². The Balaban J connectivity index is 1.55. The lowest BCUT2D eigenvalue weighted by molar-refractivity contribution is -0.154. The Bertz CT molecular complexity index is 553. The molecule has 2 saturated heterocycles. The van der Waals surface area contributed by atoms with Crippen molar-refractivity contribution in [2.45, 2.75) is 37.5 Å². The Labute approximate surface area is 127 Å². The molecule has 0 aromatic carbocycles. The number of β-lactam (4-membered cyclic amide) rings is 1. The van der Waals surface area contributed by atoms with E-state index in [2.05, 4.69) is 20.8 Å². The zero-order valence-corrected chi connectivity index (χ0v) is 12.3. The number of nitrogens with zero attached hydrogens (tertiary/aromatic N) is 3. The highest BCUT2D eigenvalue weighted by Gasteiger charge is 2.53. The van der Waals surface area contributed by atoms with E-state index in [4.69, 9.17) is 4.42 Å². The summed E-state index contributed by atoms with van der Waals surface area (Å²) in [6.45, 7) is 2.85. The molecule has 1 spiro atoms. The Kier molecular flexibility index (Phi) is 3.83. The molecule has 0 bridgehead atoms. The molecule has 1 aromatic rings. The van der Waals surface area contributed by atoms with E-state index in [1.165, 1.54) is 11.8 Å². The van der Waals surface area contributed by atoms with Crippen LogP contribution in [0.2, 0.25) is 0 Å². The number of hydrogen-bond donors (Lipinski definition) is 3. The minimum absolute atomic E-state index is 0.0356. The number of aliphatic hydroxyl groups excluding tert-OH is 1. The molecule has 0 saturated carbocycles. The van der Waals surface area contributed by atoms with E-state index >= 15 is 0 Å². The van der Waals surface area contributed by atoms with Crippen LogP contribution < -0.4 is 10.6 Å². The molecule has 0 aliphatic carbocycles. The van der Waals surface area contributed by atoms with Crippen molar-refractivity contribution in [3.8, 4) is 0 Å². The molecule has 2 aliphatic rings. The smallest absolute Gasteiger partial charge is 0.245 e. The van der Waals surface area contributed by atoms with Gasteiger partial charge in [0.2, 0.25) is 24.1 Å². The van der Waals surface area contributed by atoms with Gasteiger partial charge in [0.25, 0.3) is 0 Å². The molecule has 2 fully saturated rings. The molecule has 3 N–H and O–H groups in total. The Morgan fingerprint density at radius 1 is 1.68 bits per heavy atom. The monoisotopic (exact) mass is 309 g/mol. The summed E-state index contributed by atoms with van der Waals surface area (Å²) >= 11 is 0. The van der Waals surface area contributed by atoms with Gasteiger partial charge in [0.1, 0.15) is 11.6 Å². The lowest BCUT2D eigenvalue weighted by Gasteiger charge is -2.46. The van der Waals surface area contributed by atoms with Crippen molar-refractivity contribution in [3.05, 3.63) is 12.3 Å². The number of hydrogen-bond acceptors (Lipinski definition) is 7. The number of rotatable bonds is 5. The third-order valence-electron chi connectivity index (χ3n) is 4.18. The quantitative estimate of drug-likeness (QED) is 0.570. The van der Waals surface area contributed by atoms with Crippen LogP contribution in [0.3, 0.4) is 0 Å². The fourth-order valence-corrected chi connectivity index (χ4v) is 3.03. The SMILES string of the molecule is CC(O)C(NC(=O)CN1CC2(CCCN2)C1=O)c1nnco1. The van der Waals surface area contributed by atoms with Crippen LogP contribution in [0.4, 0.5) is 0 Å². The van der Waals surface area contributed by atoms with Crippen LogP contribution in [0.25, 0.3) is 0 Å². The lowest BCUT2D eigenvalue weighted by atomic mass is 9.87. The number of carbonyl (C=O) groups excluding carboxylic acids is 2. The van der Waals surface area contributed by atoms with Gasteiger partial charge in [-0.15, -0.1) is 10.2 Å². The van der Waals surface area contributed by atoms with E-state index in [9.17, 15) is 14.7 Å². The highest BCUT2D eigenvalue weighted by molar-refractivity contribution is 5.96. The van der Waals surface area contributed by atoms with E-state index in [-0.39, 0.29) is 24.2 Å². The van der Waals surface area contributed by atoms with Gasteiger partial charge in [-0.25, -0.2) is 0 Å². The first kappa shape index (κ1) is 14.9. The number of carbonyl (C=O) groups is 2. The van der Waals surface area contributed by atoms with Gasteiger partial charge in [-0.1, -0.05) is 0 Å². The molecular formula is C13H19N5O4. The van der Waals surface area contributed by atoms with Gasteiger partial charge in [0.05, 0.1) is 12.6 Å². The van der Waals surface area contributed by atoms with Crippen LogP contribution in [0.15, 0.2) is 10.8 Å². The first-order valence-corrected chi connectivity index (χ1v) is 7.30. The number of aliphatic hydroxyl groups is 1. The largest absolute Gasteiger partial charge is 0.426 e. The van der Waals surface area contributed by atoms with Gasteiger partial charge in [-0.05, 0) is 26.3 Å². The van der Waals surface area contributed by atoms with Gasteiger partial charge in [0.15, 0.2) is 0 Å². The van der Waals surface area contributed by atoms with Crippen LogP contribution in [0.5, 0.6) is 0 Å². The molecule has 2 aliphatic heterocycles. The first-order chi connectivity index (χ1) is 10.5. The maximum absolute atomic E-state index is 12.2. The number of nitrogens with one attached hydrogen (secondary N) is 2. The van der Waals surface area contributed by atoms with Gasteiger partial charge >= 0.3 is 0 Å². The summed E-state index contributed by atoms with van der Waals surface area (Å²) in [5, 5.41) is 22.8. The van der Waals surface area contributed by atoms with Crippen molar-refractivity contribution >= 4 is 11.8 Å². The highest BCUT2D eigenvalue weighted by atomic mass is 16.4. The summed E-state index contributed by atoms with van der Waals surface area (Å²) in [6, 6.07) is -0.787. The topological polar surface area (TPSA) is 121 Å². The summed E-state index contributed by atoms with van der Waals surface area (Å²) < 4.78 is 5.01. The standard InChI is InChI=1S/C13H19N5O4/c1-8(19)10(11-17-15-7-22-11)16-9(20)5-18-6-13(12(18)21)3-2-4-14-13/h7-8,10,14,19H,2-6H2,1H3,(H,16,20). The van der Waals surface area contributed by atoms with Crippen molar-refractivity contribution in [2.75, 3.05) is 19.6 Å². The van der Waals surface area contributed by atoms with Gasteiger partial charge in [0, 0.05) is 6.54 Å². The molecule has 3 rings (SSSR count). The first-order valence-electron chi connectivity index (χ1n) is 7.30. The minimum Gasteiger partial charge on any atom is -0.426 e. The normalized spacial score (nSPS) is 26.8. The Morgan fingerprint density at radius 3 is 3.05 bits per heavy atom. The maximum atomic E-state index is 12.2. The Hall–Kier alpha value is -2.00. The van der Waals surface area contributed by atoms with Gasteiger partial charge < -0.3 is 25.1 Å². The summed E-state index contributed by atoms with van der Waals surface area (Å²) in [4.78, 5) is 25.7. The van der Waals surface area contributed by atoms with Crippen LogP contribution in [-0.4, -0.2) is 63.3 Å². The molecule has 2 amide bonds. The molecular weight excluding hydrogens is 290 g/mol. The highest BCUT2D eigenvalue weighted by Crippen LogP contribution is 2.31. The fourth-order valence-electron chi connectivity index (χ4n) is 3.03. The molecule has 3 heterocycles. The van der Waals surface area contributed by atoms with Crippen LogP contribution in [0.1, 0.15) is 31.7 Å². The third-order valence-corrected chi connectivity index (χ3v) is 4.18. The number of amides is 2. The molecule has 3 unspecified atom stereocenters. The lowest BCUT2D eigenvalue weighted by Crippen LogP contribution is -2.72. The van der Waals surface area contributed by atoms with Crippen molar-refractivity contribution in [2.24, 2.45) is 0 Å². The third kappa shape index (κ3) is 2.57. The zero-order chi connectivity index (χ0) is 15.7. The van der Waals surface area contributed by atoms with E-state index < -0.39 is 17.7 Å². The molecule has 1 aromatic heterocycles. The van der Waals surface area contributed by atoms with E-state index in [1.54, 1.807) is 0 Å². The zero-order valence-electron chi connectivity index (χ0n) is 12.3.